The van der Waals surface area contributed by atoms with Gasteiger partial charge >= 0.3 is 0 Å². The molecule has 0 fully saturated rings. The summed E-state index contributed by atoms with van der Waals surface area (Å²) in [7, 11) is 0. The number of carbonyl (C=O) groups excluding carboxylic acids is 1. The van der Waals surface area contributed by atoms with Crippen LogP contribution in [0.4, 0.5) is 10.8 Å². The van der Waals surface area contributed by atoms with Crippen LogP contribution in [0.1, 0.15) is 11.1 Å². The smallest absolute Gasteiger partial charge is 0.272 e. The van der Waals surface area contributed by atoms with E-state index in [2.05, 4.69) is 26.2 Å². The summed E-state index contributed by atoms with van der Waals surface area (Å²) in [5, 5.41) is 19.9. The topological polar surface area (TPSA) is 85.1 Å². The molecule has 25 heavy (non-hydrogen) atoms. The molecule has 1 aromatic carbocycles. The summed E-state index contributed by atoms with van der Waals surface area (Å²) in [6.07, 6.45) is 0.259. The predicted molar refractivity (Wildman–Crippen MR) is 103 cm³/mol. The number of amides is 1. The van der Waals surface area contributed by atoms with Crippen molar-refractivity contribution in [1.29, 1.82) is 0 Å². The van der Waals surface area contributed by atoms with Gasteiger partial charge in [0.1, 0.15) is 0 Å². The minimum absolute atomic E-state index is 0.0541. The summed E-state index contributed by atoms with van der Waals surface area (Å²) < 4.78 is 0.916. The Kier molecular flexibility index (Phi) is 5.26. The summed E-state index contributed by atoms with van der Waals surface area (Å²) in [6, 6.07) is 4.98. The second kappa shape index (κ2) is 7.42. The minimum atomic E-state index is -0.410. The molecule has 0 unspecified atom stereocenters. The van der Waals surface area contributed by atoms with E-state index in [1.165, 1.54) is 28.7 Å². The number of thiophene rings is 1. The fourth-order valence-corrected chi connectivity index (χ4v) is 4.38. The fraction of sp³-hybridized carbons (Fsp3) is 0.125. The molecule has 0 aliphatic carbocycles. The molecule has 2 aromatic heterocycles. The number of thiazole rings is 1. The predicted octanol–water partition coefficient (Wildman–Crippen LogP) is 5.03. The van der Waals surface area contributed by atoms with E-state index >= 15 is 0 Å². The van der Waals surface area contributed by atoms with Crippen molar-refractivity contribution in [3.63, 3.8) is 0 Å². The Bertz CT molecular complexity index is 952. The Morgan fingerprint density at radius 1 is 1.36 bits per heavy atom. The number of benzene rings is 1. The first-order valence-corrected chi connectivity index (χ1v) is 9.77. The highest BCUT2D eigenvalue weighted by atomic mass is 79.9. The highest BCUT2D eigenvalue weighted by Crippen LogP contribution is 2.29. The molecular weight excluding hydrogens is 426 g/mol. The first kappa shape index (κ1) is 17.7. The maximum atomic E-state index is 12.1. The summed E-state index contributed by atoms with van der Waals surface area (Å²) in [5.74, 6) is -0.158. The molecule has 0 radical (unpaired) electrons. The van der Waals surface area contributed by atoms with Crippen molar-refractivity contribution in [2.45, 2.75) is 13.3 Å². The molecule has 0 bridgehead atoms. The summed E-state index contributed by atoms with van der Waals surface area (Å²) in [5.41, 5.74) is 2.82. The van der Waals surface area contributed by atoms with Crippen LogP contribution in [0.25, 0.3) is 11.3 Å². The van der Waals surface area contributed by atoms with E-state index in [4.69, 9.17) is 0 Å². The van der Waals surface area contributed by atoms with Gasteiger partial charge in [-0.2, -0.15) is 11.3 Å². The Morgan fingerprint density at radius 3 is 2.84 bits per heavy atom. The fourth-order valence-electron chi connectivity index (χ4n) is 2.20. The second-order valence-electron chi connectivity index (χ2n) is 5.27. The molecule has 9 heteroatoms. The van der Waals surface area contributed by atoms with Gasteiger partial charge in [0.15, 0.2) is 5.13 Å². The largest absolute Gasteiger partial charge is 0.302 e. The Balaban J connectivity index is 1.74. The molecular formula is C16H12BrN3O3S2. The first-order chi connectivity index (χ1) is 11.9. The number of hydrogen-bond acceptors (Lipinski definition) is 6. The molecule has 1 amide bonds. The van der Waals surface area contributed by atoms with Gasteiger partial charge in [0.2, 0.25) is 5.91 Å². The number of hydrogen-bond donors (Lipinski definition) is 1. The van der Waals surface area contributed by atoms with Gasteiger partial charge in [0.25, 0.3) is 5.69 Å². The maximum absolute atomic E-state index is 12.1. The minimum Gasteiger partial charge on any atom is -0.302 e. The van der Waals surface area contributed by atoms with Crippen molar-refractivity contribution in [3.05, 3.63) is 60.1 Å². The number of aromatic nitrogens is 1. The second-order valence-corrected chi connectivity index (χ2v) is 7.72. The lowest BCUT2D eigenvalue weighted by Gasteiger charge is -2.02. The highest BCUT2D eigenvalue weighted by molar-refractivity contribution is 9.10. The van der Waals surface area contributed by atoms with E-state index in [1.54, 1.807) is 24.4 Å². The Hall–Kier alpha value is -2.10. The number of nitrogens with one attached hydrogen (secondary N) is 1. The molecule has 3 aromatic rings. The average molecular weight is 438 g/mol. The molecule has 2 heterocycles. The normalized spacial score (nSPS) is 10.6. The molecule has 0 atom stereocenters. The van der Waals surface area contributed by atoms with Gasteiger partial charge in [0, 0.05) is 32.4 Å². The van der Waals surface area contributed by atoms with Crippen LogP contribution in [0.15, 0.2) is 38.8 Å². The monoisotopic (exact) mass is 437 g/mol. The first-order valence-electron chi connectivity index (χ1n) is 7.15. The molecule has 0 saturated heterocycles. The number of rotatable bonds is 5. The van der Waals surface area contributed by atoms with Gasteiger partial charge in [-0.05, 0) is 33.8 Å². The van der Waals surface area contributed by atoms with E-state index in [1.807, 2.05) is 10.8 Å². The van der Waals surface area contributed by atoms with Crippen molar-refractivity contribution >= 4 is 55.3 Å². The number of nitrogens with zero attached hydrogens (tertiary/aromatic N) is 2. The van der Waals surface area contributed by atoms with Gasteiger partial charge < -0.3 is 5.32 Å². The van der Waals surface area contributed by atoms with Crippen LogP contribution < -0.4 is 5.32 Å². The van der Waals surface area contributed by atoms with Gasteiger partial charge in [-0.1, -0.05) is 12.1 Å². The van der Waals surface area contributed by atoms with Crippen molar-refractivity contribution in [3.8, 4) is 11.3 Å². The zero-order valence-corrected chi connectivity index (χ0v) is 16.2. The zero-order chi connectivity index (χ0) is 18.0. The lowest BCUT2D eigenvalue weighted by Crippen LogP contribution is -2.14. The molecule has 0 aliphatic heterocycles. The molecule has 0 aliphatic rings. The number of nitro benzene ring substituents is 1. The third-order valence-electron chi connectivity index (χ3n) is 3.49. The molecule has 3 rings (SSSR count). The number of anilines is 1. The van der Waals surface area contributed by atoms with Gasteiger partial charge in [0.05, 0.1) is 17.0 Å². The van der Waals surface area contributed by atoms with Crippen LogP contribution in [0.2, 0.25) is 0 Å². The SMILES string of the molecule is Cc1ccc(-c2csc(NC(=O)Cc3cscc3Br)n2)cc1[N+](=O)[O-]. The van der Waals surface area contributed by atoms with Gasteiger partial charge in [-0.3, -0.25) is 14.9 Å². The molecule has 6 nitrogen and oxygen atoms in total. The molecule has 1 N–H and O–H groups in total. The Labute approximate surface area is 159 Å². The van der Waals surface area contributed by atoms with Crippen molar-refractivity contribution in [1.82, 2.24) is 4.98 Å². The van der Waals surface area contributed by atoms with E-state index in [9.17, 15) is 14.9 Å². The zero-order valence-electron chi connectivity index (χ0n) is 13.0. The van der Waals surface area contributed by atoms with Crippen molar-refractivity contribution in [2.75, 3.05) is 5.32 Å². The van der Waals surface area contributed by atoms with Crippen LogP contribution in [0, 0.1) is 17.0 Å². The van der Waals surface area contributed by atoms with Crippen molar-refractivity contribution in [2.24, 2.45) is 0 Å². The number of halogens is 1. The third kappa shape index (κ3) is 4.12. The van der Waals surface area contributed by atoms with E-state index in [-0.39, 0.29) is 18.0 Å². The van der Waals surface area contributed by atoms with Gasteiger partial charge in [-0.25, -0.2) is 4.98 Å². The molecule has 128 valence electrons. The summed E-state index contributed by atoms with van der Waals surface area (Å²) >= 11 is 6.21. The van der Waals surface area contributed by atoms with Crippen LogP contribution in [-0.4, -0.2) is 15.8 Å². The number of aryl methyl sites for hydroxylation is 1. The lowest BCUT2D eigenvalue weighted by atomic mass is 10.1. The van der Waals surface area contributed by atoms with Crippen LogP contribution >= 0.6 is 38.6 Å². The molecule has 0 spiro atoms. The van der Waals surface area contributed by atoms with Crippen molar-refractivity contribution < 1.29 is 9.72 Å². The Morgan fingerprint density at radius 2 is 2.16 bits per heavy atom. The van der Waals surface area contributed by atoms with E-state index in [0.717, 1.165) is 10.0 Å². The lowest BCUT2D eigenvalue weighted by molar-refractivity contribution is -0.385. The third-order valence-corrected chi connectivity index (χ3v) is 6.08. The summed E-state index contributed by atoms with van der Waals surface area (Å²) in [6.45, 7) is 1.69. The van der Waals surface area contributed by atoms with Gasteiger partial charge in [-0.15, -0.1) is 11.3 Å². The standard InChI is InChI=1S/C16H12BrN3O3S2/c1-9-2-3-10(4-14(9)20(22)23)13-8-25-16(18-13)19-15(21)5-11-6-24-7-12(11)17/h2-4,6-8H,5H2,1H3,(H,18,19,21). The van der Waals surface area contributed by atoms with E-state index in [0.29, 0.717) is 22.0 Å². The van der Waals surface area contributed by atoms with E-state index < -0.39 is 4.92 Å². The maximum Gasteiger partial charge on any atom is 0.272 e. The van der Waals surface area contributed by atoms with Crippen LogP contribution in [0.3, 0.4) is 0 Å². The highest BCUT2D eigenvalue weighted by Gasteiger charge is 2.15. The quantitative estimate of drug-likeness (QED) is 0.447. The number of nitro groups is 1. The summed E-state index contributed by atoms with van der Waals surface area (Å²) in [4.78, 5) is 27.1. The van der Waals surface area contributed by atoms with Crippen LogP contribution in [-0.2, 0) is 11.2 Å². The average Bonchev–Trinajstić information content (AvgIpc) is 3.17. The number of carbonyl (C=O) groups is 1. The van der Waals surface area contributed by atoms with Crippen LogP contribution in [0.5, 0.6) is 0 Å². The molecule has 0 saturated carbocycles.